The molecule has 2 aliphatic heterocycles. The highest BCUT2D eigenvalue weighted by Gasteiger charge is 2.35. The summed E-state index contributed by atoms with van der Waals surface area (Å²) in [6.45, 7) is 10.5. The van der Waals surface area contributed by atoms with Gasteiger partial charge in [0.15, 0.2) is 0 Å². The monoisotopic (exact) mass is 183 g/mol. The third-order valence-corrected chi connectivity index (χ3v) is 3.25. The van der Waals surface area contributed by atoms with E-state index in [1.54, 1.807) is 0 Å². The van der Waals surface area contributed by atoms with Crippen molar-refractivity contribution in [1.82, 2.24) is 4.90 Å². The lowest BCUT2D eigenvalue weighted by atomic mass is 9.87. The van der Waals surface area contributed by atoms with Crippen LogP contribution in [0.25, 0.3) is 0 Å². The van der Waals surface area contributed by atoms with Crippen molar-refractivity contribution in [3.05, 3.63) is 0 Å². The summed E-state index contributed by atoms with van der Waals surface area (Å²) in [5, 5.41) is 0. The van der Waals surface area contributed by atoms with Crippen LogP contribution in [0.5, 0.6) is 0 Å². The van der Waals surface area contributed by atoms with Crippen LogP contribution in [0.3, 0.4) is 0 Å². The minimum absolute atomic E-state index is 0.469. The molecule has 2 heterocycles. The van der Waals surface area contributed by atoms with Crippen molar-refractivity contribution >= 4 is 0 Å². The Balaban J connectivity index is 1.80. The number of hydrogen-bond donors (Lipinski definition) is 0. The van der Waals surface area contributed by atoms with E-state index in [0.717, 1.165) is 19.1 Å². The second kappa shape index (κ2) is 3.58. The molecule has 0 unspecified atom stereocenters. The molecule has 2 fully saturated rings. The molecule has 2 nitrogen and oxygen atoms in total. The van der Waals surface area contributed by atoms with Crippen molar-refractivity contribution in [2.75, 3.05) is 32.8 Å². The van der Waals surface area contributed by atoms with Crippen LogP contribution in [0.15, 0.2) is 0 Å². The van der Waals surface area contributed by atoms with Crippen LogP contribution in [0.2, 0.25) is 0 Å². The average Bonchev–Trinajstić information content (AvgIpc) is 2.01. The van der Waals surface area contributed by atoms with Crippen LogP contribution in [0.4, 0.5) is 0 Å². The van der Waals surface area contributed by atoms with Crippen molar-refractivity contribution in [2.24, 2.45) is 11.3 Å². The molecule has 0 spiro atoms. The summed E-state index contributed by atoms with van der Waals surface area (Å²) in [4.78, 5) is 2.62. The quantitative estimate of drug-likeness (QED) is 0.647. The molecular weight excluding hydrogens is 162 g/mol. The number of rotatable bonds is 2. The summed E-state index contributed by atoms with van der Waals surface area (Å²) < 4.78 is 5.28. The summed E-state index contributed by atoms with van der Waals surface area (Å²) in [7, 11) is 0. The highest BCUT2D eigenvalue weighted by molar-refractivity contribution is 4.85. The molecule has 2 heteroatoms. The third-order valence-electron chi connectivity index (χ3n) is 3.25. The van der Waals surface area contributed by atoms with Crippen molar-refractivity contribution in [3.8, 4) is 0 Å². The van der Waals surface area contributed by atoms with Gasteiger partial charge in [-0.3, -0.25) is 0 Å². The number of likely N-dealkylation sites (tertiary alicyclic amines) is 1. The van der Waals surface area contributed by atoms with E-state index in [9.17, 15) is 0 Å². The van der Waals surface area contributed by atoms with E-state index in [1.165, 1.54) is 32.5 Å². The van der Waals surface area contributed by atoms with Crippen molar-refractivity contribution in [1.29, 1.82) is 0 Å². The molecule has 0 saturated carbocycles. The summed E-state index contributed by atoms with van der Waals surface area (Å²) in [6.07, 6.45) is 2.81. The predicted molar refractivity (Wildman–Crippen MR) is 53.8 cm³/mol. The molecule has 1 atom stereocenters. The van der Waals surface area contributed by atoms with Gasteiger partial charge in [0.05, 0.1) is 13.2 Å². The second-order valence-electron chi connectivity index (χ2n) is 5.29. The third kappa shape index (κ3) is 2.23. The molecular formula is C11H21NO. The maximum absolute atomic E-state index is 5.28. The molecule has 0 aromatic carbocycles. The van der Waals surface area contributed by atoms with Gasteiger partial charge >= 0.3 is 0 Å². The Morgan fingerprint density at radius 3 is 2.77 bits per heavy atom. The molecule has 2 saturated heterocycles. The molecule has 0 radical (unpaired) electrons. The zero-order valence-corrected chi connectivity index (χ0v) is 8.88. The van der Waals surface area contributed by atoms with Gasteiger partial charge in [-0.05, 0) is 25.3 Å². The summed E-state index contributed by atoms with van der Waals surface area (Å²) in [6, 6.07) is 0. The van der Waals surface area contributed by atoms with Crippen molar-refractivity contribution < 1.29 is 4.74 Å². The van der Waals surface area contributed by atoms with Gasteiger partial charge < -0.3 is 9.64 Å². The maximum Gasteiger partial charge on any atom is 0.0554 e. The van der Waals surface area contributed by atoms with Crippen LogP contribution >= 0.6 is 0 Å². The summed E-state index contributed by atoms with van der Waals surface area (Å²) in [5.74, 6) is 0.901. The zero-order valence-electron chi connectivity index (χ0n) is 8.88. The number of hydrogen-bond acceptors (Lipinski definition) is 2. The molecule has 0 aromatic heterocycles. The van der Waals surface area contributed by atoms with Gasteiger partial charge in [-0.1, -0.05) is 13.8 Å². The first-order valence-corrected chi connectivity index (χ1v) is 5.48. The first kappa shape index (κ1) is 9.47. The van der Waals surface area contributed by atoms with Gasteiger partial charge in [-0.2, -0.15) is 0 Å². The van der Waals surface area contributed by atoms with E-state index >= 15 is 0 Å². The Morgan fingerprint density at radius 1 is 1.46 bits per heavy atom. The Kier molecular flexibility index (Phi) is 2.61. The maximum atomic E-state index is 5.28. The molecule has 13 heavy (non-hydrogen) atoms. The molecule has 2 aliphatic rings. The molecule has 0 aliphatic carbocycles. The topological polar surface area (TPSA) is 12.5 Å². The van der Waals surface area contributed by atoms with E-state index in [2.05, 4.69) is 18.7 Å². The fourth-order valence-electron chi connectivity index (χ4n) is 2.51. The SMILES string of the molecule is C[C@H]1CCCN(CC2(C)COC2)C1. The Labute approximate surface area is 81.3 Å². The second-order valence-corrected chi connectivity index (χ2v) is 5.29. The predicted octanol–water partition coefficient (Wildman–Crippen LogP) is 1.75. The lowest BCUT2D eigenvalue weighted by Crippen LogP contribution is -2.50. The Hall–Kier alpha value is -0.0800. The van der Waals surface area contributed by atoms with Crippen LogP contribution in [0, 0.1) is 11.3 Å². The minimum atomic E-state index is 0.469. The summed E-state index contributed by atoms with van der Waals surface area (Å²) >= 11 is 0. The van der Waals surface area contributed by atoms with Gasteiger partial charge in [0.2, 0.25) is 0 Å². The van der Waals surface area contributed by atoms with E-state index in [4.69, 9.17) is 4.74 Å². The van der Waals surface area contributed by atoms with Gasteiger partial charge in [0.25, 0.3) is 0 Å². The van der Waals surface area contributed by atoms with Gasteiger partial charge in [-0.15, -0.1) is 0 Å². The average molecular weight is 183 g/mol. The summed E-state index contributed by atoms with van der Waals surface area (Å²) in [5.41, 5.74) is 0.469. The largest absolute Gasteiger partial charge is 0.380 e. The van der Waals surface area contributed by atoms with Crippen LogP contribution in [-0.2, 0) is 4.74 Å². The van der Waals surface area contributed by atoms with Crippen LogP contribution in [-0.4, -0.2) is 37.7 Å². The molecule has 0 bridgehead atoms. The van der Waals surface area contributed by atoms with Crippen molar-refractivity contribution in [3.63, 3.8) is 0 Å². The van der Waals surface area contributed by atoms with Crippen molar-refractivity contribution in [2.45, 2.75) is 26.7 Å². The standard InChI is InChI=1S/C11H21NO/c1-10-4-3-5-12(6-10)7-11(2)8-13-9-11/h10H,3-9H2,1-2H3/t10-/m0/s1. The normalized spacial score (nSPS) is 34.2. The number of nitrogens with zero attached hydrogens (tertiary/aromatic N) is 1. The van der Waals surface area contributed by atoms with Crippen LogP contribution in [0.1, 0.15) is 26.7 Å². The lowest BCUT2D eigenvalue weighted by Gasteiger charge is -2.43. The van der Waals surface area contributed by atoms with Gasteiger partial charge in [0, 0.05) is 18.5 Å². The van der Waals surface area contributed by atoms with Gasteiger partial charge in [-0.25, -0.2) is 0 Å². The first-order valence-electron chi connectivity index (χ1n) is 5.48. The molecule has 0 N–H and O–H groups in total. The number of piperidine rings is 1. The Morgan fingerprint density at radius 2 is 2.23 bits per heavy atom. The molecule has 0 aromatic rings. The van der Waals surface area contributed by atoms with E-state index in [-0.39, 0.29) is 0 Å². The number of ether oxygens (including phenoxy) is 1. The highest BCUT2D eigenvalue weighted by Crippen LogP contribution is 2.29. The fourth-order valence-corrected chi connectivity index (χ4v) is 2.51. The molecule has 76 valence electrons. The molecule has 2 rings (SSSR count). The lowest BCUT2D eigenvalue weighted by molar-refractivity contribution is -0.117. The first-order chi connectivity index (χ1) is 6.18. The smallest absolute Gasteiger partial charge is 0.0554 e. The van der Waals surface area contributed by atoms with Gasteiger partial charge in [0.1, 0.15) is 0 Å². The zero-order chi connectivity index (χ0) is 9.31. The minimum Gasteiger partial charge on any atom is -0.380 e. The Bertz CT molecular complexity index is 177. The highest BCUT2D eigenvalue weighted by atomic mass is 16.5. The van der Waals surface area contributed by atoms with Crippen LogP contribution < -0.4 is 0 Å². The molecule has 0 amide bonds. The van der Waals surface area contributed by atoms with E-state index < -0.39 is 0 Å². The van der Waals surface area contributed by atoms with E-state index in [1.807, 2.05) is 0 Å². The fraction of sp³-hybridized carbons (Fsp3) is 1.00. The van der Waals surface area contributed by atoms with E-state index in [0.29, 0.717) is 5.41 Å².